The number of sulfonamides is 4. The van der Waals surface area contributed by atoms with Gasteiger partial charge < -0.3 is 39.3 Å². The molecule has 632 valence electrons. The molecule has 0 unspecified atom stereocenters. The Morgan fingerprint density at radius 3 is 0.767 bits per heavy atom. The molecular formula is C80H84N12O20S8. The van der Waals surface area contributed by atoms with Crippen molar-refractivity contribution in [3.63, 3.8) is 0 Å². The zero-order valence-electron chi connectivity index (χ0n) is 98.4. The normalized spacial score (nSPS) is 16.1. The lowest BCUT2D eigenvalue weighted by Crippen LogP contribution is -2.20. The van der Waals surface area contributed by atoms with Crippen LogP contribution in [0.4, 0.5) is 46.3 Å². The van der Waals surface area contributed by atoms with Gasteiger partial charge >= 0.3 is 0 Å². The van der Waals surface area contributed by atoms with Crippen molar-refractivity contribution in [2.45, 2.75) is 158 Å². The standard InChI is InChI=1S/4C20H21N3O5S2/c4*1-10-8-11(2)17(15(9-10)14(5)24)21-19(25)18-16(6-7-29-18)30(26,27)23-20-12(3)13(4)22-28-20/h4*6-9,23H,1-5H3,(H,21,25)/i1D3,2D3,3D3,8D,9D;1D3,2D3,8D,9D;3D3,8D,9D;8D,9D/hD8. The number of nitrogens with one attached hydrogen (secondary N) is 8. The second-order valence-electron chi connectivity index (χ2n) is 24.8. The van der Waals surface area contributed by atoms with Crippen LogP contribution in [0, 0.1) is 110 Å². The zero-order valence-corrected chi connectivity index (χ0v) is 70.9. The Morgan fingerprint density at radius 1 is 0.325 bits per heavy atom. The van der Waals surface area contributed by atoms with Gasteiger partial charge in [0.1, 0.15) is 39.1 Å². The minimum absolute atomic E-state index is 0.0146. The third-order valence-electron chi connectivity index (χ3n) is 15.9. The molecule has 8 aromatic heterocycles. The summed E-state index contributed by atoms with van der Waals surface area (Å²) < 4.78 is 397. The maximum absolute atomic E-state index is 13.6. The van der Waals surface area contributed by atoms with Gasteiger partial charge in [0.15, 0.2) is 34.4 Å². The average molecular weight is 1820 g/mol. The van der Waals surface area contributed by atoms with Crippen LogP contribution in [0.3, 0.4) is 0 Å². The lowest BCUT2D eigenvalue weighted by atomic mass is 10.0. The molecule has 4 aromatic carbocycles. The number of carbonyl (C=O) groups excluding carboxylic acids is 8. The summed E-state index contributed by atoms with van der Waals surface area (Å²) in [5.74, 6) is -11.5. The van der Waals surface area contributed by atoms with Gasteiger partial charge in [-0.1, -0.05) is 44.8 Å². The Balaban J connectivity index is 0.000000228. The topological polar surface area (TPSA) is 473 Å². The largest absolute Gasteiger partial charge is 0.337 e. The Morgan fingerprint density at radius 2 is 0.550 bits per heavy atom. The third kappa shape index (κ3) is 21.0. The van der Waals surface area contributed by atoms with Crippen LogP contribution in [0.5, 0.6) is 0 Å². The van der Waals surface area contributed by atoms with Crippen molar-refractivity contribution in [3.8, 4) is 0 Å². The lowest BCUT2D eigenvalue weighted by Gasteiger charge is -2.14. The number of carbonyl (C=O) groups is 8. The highest BCUT2D eigenvalue weighted by molar-refractivity contribution is 7.94. The molecule has 0 spiro atoms. The summed E-state index contributed by atoms with van der Waals surface area (Å²) in [4.78, 5) is 98.1. The molecule has 0 atom stereocenters. The molecule has 0 bridgehead atoms. The summed E-state index contributed by atoms with van der Waals surface area (Å²) in [5.41, 5.74) is -9.61. The molecule has 0 aliphatic carbocycles. The molecule has 12 rings (SSSR count). The number of amides is 4. The van der Waals surface area contributed by atoms with Gasteiger partial charge in [0.05, 0.1) is 56.5 Å². The van der Waals surface area contributed by atoms with Gasteiger partial charge in [-0.05, 0) is 253 Å². The van der Waals surface area contributed by atoms with Crippen molar-refractivity contribution in [1.82, 2.24) is 20.6 Å². The molecule has 40 heteroatoms. The molecule has 12 aromatic rings. The van der Waals surface area contributed by atoms with E-state index in [1.807, 2.05) is 0 Å². The quantitative estimate of drug-likeness (QED) is 0.0260. The Bertz CT molecular complexity index is 8180. The number of hydrogen-bond acceptors (Lipinski definition) is 28. The first-order valence-electron chi connectivity index (χ1n) is 50.0. The fourth-order valence-electron chi connectivity index (χ4n) is 9.87. The number of aromatic nitrogens is 4. The SMILES string of the molecule is [2H]c1c(C(C)=O)c(N([2H])C(=O)c2sccc2S(=O)(=O)N([2H])c2onc(C)c2C([2H])([2H])[2H])c(C([2H])([2H])[2H])c([2H])c1C([2H])([2H])[2H].[2H]c1c(C(C)=O)c(N([2H])C(=O)c2sccc2S(=O)(=O)N([2H])c2onc(C)c2C)c(C([2H])([2H])[2H])c([2H])c1C([2H])([2H])[2H].[2H]c1c(C)c([2H])c(C(C)=O)c(N([2H])C(=O)c2sccc2S(=O)(=O)N([2H])c2onc(C)c2C([2H])([2H])[2H])c1C.[2H]c1c(C)c([2H])c(C(C)=O)c(N([2H])C(=O)c2sccc2S(=O)(=O)N([2H])c2onc(C)c2C)c1C. The number of hydrogen-bond donors (Lipinski definition) is 8. The average Bonchev–Trinajstić information content (AvgIpc) is 0.981. The maximum atomic E-state index is 13.6. The first kappa shape index (κ1) is 55.0. The lowest BCUT2D eigenvalue weighted by molar-refractivity contribution is 0.100. The highest BCUT2D eigenvalue weighted by Crippen LogP contribution is 2.36. The van der Waals surface area contributed by atoms with Crippen molar-refractivity contribution < 1.29 is 137 Å². The molecule has 32 nitrogen and oxygen atoms in total. The van der Waals surface area contributed by atoms with Crippen LogP contribution in [-0.2, 0) is 40.1 Å². The molecule has 0 aliphatic rings. The first-order valence-corrected chi connectivity index (χ1v) is 42.7. The minimum atomic E-state index is -5.15. The highest BCUT2D eigenvalue weighted by Gasteiger charge is 2.33. The van der Waals surface area contributed by atoms with Crippen LogP contribution in [-0.4, -0.2) is 101 Å². The van der Waals surface area contributed by atoms with Gasteiger partial charge in [0.25, 0.3) is 63.7 Å². The van der Waals surface area contributed by atoms with Crippen LogP contribution in [0.15, 0.2) is 132 Å². The summed E-state index contributed by atoms with van der Waals surface area (Å²) in [5, 5.41) is 19.0. The molecule has 4 amide bonds. The first-order chi connectivity index (χ1) is 70.2. The fourth-order valence-corrected chi connectivity index (χ4v) is 18.8. The smallest absolute Gasteiger partial charge is 0.267 e. The van der Waals surface area contributed by atoms with Crippen LogP contribution < -0.4 is 40.1 Å². The number of nitrogens with zero attached hydrogens (tertiary/aromatic N) is 4. The van der Waals surface area contributed by atoms with Crippen LogP contribution in [0.2, 0.25) is 11.3 Å². The summed E-state index contributed by atoms with van der Waals surface area (Å²) >= 11 is 2.29. The molecule has 8 heterocycles. The van der Waals surface area contributed by atoms with E-state index in [4.69, 9.17) is 65.0 Å². The predicted octanol–water partition coefficient (Wildman–Crippen LogP) is 16.9. The number of ketones is 4. The van der Waals surface area contributed by atoms with E-state index < -0.39 is 260 Å². The molecule has 0 aliphatic heterocycles. The van der Waals surface area contributed by atoms with Crippen molar-refractivity contribution in [2.75, 3.05) is 40.1 Å². The second kappa shape index (κ2) is 37.2. The van der Waals surface area contributed by atoms with Gasteiger partial charge in [-0.25, -0.2) is 52.5 Å². The van der Waals surface area contributed by atoms with Gasteiger partial charge in [0, 0.05) is 69.2 Å². The zero-order chi connectivity index (χ0) is 118. The second-order valence-corrected chi connectivity index (χ2v) is 34.8. The summed E-state index contributed by atoms with van der Waals surface area (Å²) in [7, 11) is -19.5. The predicted molar refractivity (Wildman–Crippen MR) is 460 cm³/mol. The Kier molecular flexibility index (Phi) is 17.0. The van der Waals surface area contributed by atoms with Gasteiger partial charge in [0.2, 0.25) is 23.5 Å². The minimum Gasteiger partial charge on any atom is -0.337 e. The number of aryl methyl sites for hydroxylation is 4. The molecule has 8 N–H and O–H groups in total. The fraction of sp³-hybridized carbons (Fsp3) is 0.250. The number of rotatable bonds is 24. The Labute approximate surface area is 756 Å². The van der Waals surface area contributed by atoms with E-state index in [1.54, 1.807) is 6.92 Å². The van der Waals surface area contributed by atoms with E-state index in [0.717, 1.165) is 67.1 Å². The summed E-state index contributed by atoms with van der Waals surface area (Å²) in [6.07, 6.45) is 0. The third-order valence-corrected chi connectivity index (χ3v) is 25.3. The maximum Gasteiger partial charge on any atom is 0.267 e. The van der Waals surface area contributed by atoms with E-state index in [0.29, 0.717) is 56.3 Å². The van der Waals surface area contributed by atoms with Gasteiger partial charge in [-0.2, -0.15) is 0 Å². The molecule has 0 saturated carbocycles. The molecule has 0 fully saturated rings. The molecule has 120 heavy (non-hydrogen) atoms. The van der Waals surface area contributed by atoms with Crippen LogP contribution in [0.1, 0.15) is 233 Å². The van der Waals surface area contributed by atoms with E-state index in [-0.39, 0.29) is 131 Å². The number of thiophene rings is 4. The number of Topliss-reactive ketones (excluding diaryl/α,β-unsaturated/α-hetero) is 4. The number of anilines is 8. The van der Waals surface area contributed by atoms with Crippen LogP contribution in [0.25, 0.3) is 0 Å². The van der Waals surface area contributed by atoms with Gasteiger partial charge in [-0.3, -0.25) is 38.4 Å². The van der Waals surface area contributed by atoms with E-state index >= 15 is 0 Å². The van der Waals surface area contributed by atoms with Crippen molar-refractivity contribution in [1.29, 1.82) is 0 Å². The molecule has 0 radical (unpaired) electrons. The van der Waals surface area contributed by atoms with E-state index in [9.17, 15) is 72.0 Å². The van der Waals surface area contributed by atoms with Crippen molar-refractivity contribution in [3.05, 3.63) is 225 Å². The van der Waals surface area contributed by atoms with Crippen molar-refractivity contribution in [2.24, 2.45) is 0 Å². The van der Waals surface area contributed by atoms with Gasteiger partial charge in [-0.15, -0.1) is 45.3 Å². The summed E-state index contributed by atoms with van der Waals surface area (Å²) in [6.45, 7) is -0.701. The van der Waals surface area contributed by atoms with E-state index in [2.05, 4.69) is 20.6 Å². The van der Waals surface area contributed by atoms with Crippen LogP contribution >= 0.6 is 45.3 Å². The molecular weight excluding hydrogens is 1710 g/mol. The summed E-state index contributed by atoms with van der Waals surface area (Å²) in [6, 6.07) is -1.60. The van der Waals surface area contributed by atoms with E-state index in [1.165, 1.54) is 80.0 Å². The van der Waals surface area contributed by atoms with Crippen molar-refractivity contribution >= 4 is 178 Å². The Hall–Kier alpha value is -11.9. The monoisotopic (exact) mass is 1820 g/mol. The highest BCUT2D eigenvalue weighted by atomic mass is 32.2. The number of benzene rings is 4. The molecule has 0 saturated heterocycles.